The maximum absolute atomic E-state index is 14.4. The van der Waals surface area contributed by atoms with Gasteiger partial charge in [0.05, 0.1) is 7.11 Å². The van der Waals surface area contributed by atoms with Gasteiger partial charge in [0.1, 0.15) is 22.9 Å². The SMILES string of the molecule is C=CC(C)[C@@H]1C[C@@]2(C(C)Cc3ccc(OC)cc3F)OCOC2=CC1=O. The van der Waals surface area contributed by atoms with Gasteiger partial charge in [-0.15, -0.1) is 6.58 Å². The lowest BCUT2D eigenvalue weighted by atomic mass is 9.69. The van der Waals surface area contributed by atoms with E-state index < -0.39 is 5.60 Å². The molecule has 0 spiro atoms. The molecule has 1 aliphatic heterocycles. The number of hydrogen-bond acceptors (Lipinski definition) is 4. The van der Waals surface area contributed by atoms with Gasteiger partial charge in [-0.05, 0) is 36.3 Å². The highest BCUT2D eigenvalue weighted by Gasteiger charge is 2.52. The number of methoxy groups -OCH3 is 1. The molecule has 4 nitrogen and oxygen atoms in total. The van der Waals surface area contributed by atoms with E-state index in [-0.39, 0.29) is 36.1 Å². The first-order chi connectivity index (χ1) is 12.4. The van der Waals surface area contributed by atoms with Crippen molar-refractivity contribution in [2.24, 2.45) is 17.8 Å². The molecule has 0 amide bonds. The molecule has 2 aliphatic rings. The molecule has 2 unspecified atom stereocenters. The summed E-state index contributed by atoms with van der Waals surface area (Å²) in [5.41, 5.74) is -0.116. The molecule has 0 bridgehead atoms. The van der Waals surface area contributed by atoms with Crippen LogP contribution < -0.4 is 4.74 Å². The van der Waals surface area contributed by atoms with Crippen molar-refractivity contribution >= 4 is 5.78 Å². The van der Waals surface area contributed by atoms with Gasteiger partial charge in [0.25, 0.3) is 0 Å². The number of rotatable bonds is 6. The van der Waals surface area contributed by atoms with E-state index in [2.05, 4.69) is 6.58 Å². The molecular weight excluding hydrogens is 335 g/mol. The maximum atomic E-state index is 14.4. The summed E-state index contributed by atoms with van der Waals surface area (Å²) in [5.74, 6) is 0.549. The first-order valence-electron chi connectivity index (χ1n) is 8.89. The predicted octanol–water partition coefficient (Wildman–Crippen LogP) is 4.05. The van der Waals surface area contributed by atoms with Crippen molar-refractivity contribution < 1.29 is 23.4 Å². The Morgan fingerprint density at radius 2 is 2.23 bits per heavy atom. The Balaban J connectivity index is 1.89. The van der Waals surface area contributed by atoms with Crippen LogP contribution in [0.25, 0.3) is 0 Å². The topological polar surface area (TPSA) is 44.8 Å². The molecule has 0 radical (unpaired) electrons. The number of hydrogen-bond donors (Lipinski definition) is 0. The first kappa shape index (κ1) is 18.6. The monoisotopic (exact) mass is 360 g/mol. The van der Waals surface area contributed by atoms with Crippen LogP contribution in [0.1, 0.15) is 25.8 Å². The number of benzene rings is 1. The van der Waals surface area contributed by atoms with E-state index in [4.69, 9.17) is 14.2 Å². The molecule has 4 atom stereocenters. The van der Waals surface area contributed by atoms with Crippen molar-refractivity contribution in [1.82, 2.24) is 0 Å². The van der Waals surface area contributed by atoms with Gasteiger partial charge < -0.3 is 14.2 Å². The van der Waals surface area contributed by atoms with Crippen LogP contribution in [0, 0.1) is 23.6 Å². The fourth-order valence-corrected chi connectivity index (χ4v) is 3.89. The minimum atomic E-state index is -0.706. The highest BCUT2D eigenvalue weighted by atomic mass is 19.1. The molecule has 1 aliphatic carbocycles. The Bertz CT molecular complexity index is 742. The lowest BCUT2D eigenvalue weighted by molar-refractivity contribution is -0.124. The third kappa shape index (κ3) is 3.16. The minimum absolute atomic E-state index is 0.0336. The van der Waals surface area contributed by atoms with E-state index in [1.807, 2.05) is 13.8 Å². The zero-order valence-electron chi connectivity index (χ0n) is 15.5. The normalized spacial score (nSPS) is 27.2. The van der Waals surface area contributed by atoms with Crippen LogP contribution in [0.5, 0.6) is 5.75 Å². The van der Waals surface area contributed by atoms with Gasteiger partial charge in [-0.25, -0.2) is 4.39 Å². The van der Waals surface area contributed by atoms with Gasteiger partial charge in [0, 0.05) is 18.1 Å². The Labute approximate surface area is 153 Å². The molecule has 1 fully saturated rings. The molecule has 1 heterocycles. The van der Waals surface area contributed by atoms with Crippen molar-refractivity contribution in [3.8, 4) is 5.75 Å². The molecule has 26 heavy (non-hydrogen) atoms. The fourth-order valence-electron chi connectivity index (χ4n) is 3.89. The van der Waals surface area contributed by atoms with Crippen LogP contribution in [-0.4, -0.2) is 25.3 Å². The molecule has 3 rings (SSSR count). The standard InChI is InChI=1S/C21H25FO4/c1-5-13(2)17-11-21(20(10-19(17)23)25-12-26-21)14(3)8-15-6-7-16(24-4)9-18(15)22/h5-7,9-10,13-14,17H,1,8,11-12H2,2-4H3/t13?,14?,17-,21-/m0/s1. The average molecular weight is 360 g/mol. The van der Waals surface area contributed by atoms with Crippen molar-refractivity contribution in [2.45, 2.75) is 32.3 Å². The Morgan fingerprint density at radius 1 is 1.46 bits per heavy atom. The highest BCUT2D eigenvalue weighted by Crippen LogP contribution is 2.47. The molecule has 5 heteroatoms. The zero-order chi connectivity index (χ0) is 18.9. The fraction of sp³-hybridized carbons (Fsp3) is 0.476. The van der Waals surface area contributed by atoms with Gasteiger partial charge in [0.2, 0.25) is 0 Å². The second-order valence-corrected chi connectivity index (χ2v) is 7.17. The Morgan fingerprint density at radius 3 is 2.88 bits per heavy atom. The molecule has 140 valence electrons. The molecule has 0 N–H and O–H groups in total. The number of carbonyl (C=O) groups is 1. The molecule has 1 saturated heterocycles. The predicted molar refractivity (Wildman–Crippen MR) is 96.1 cm³/mol. The Hall–Kier alpha value is -2.14. The highest BCUT2D eigenvalue weighted by molar-refractivity contribution is 5.94. The lowest BCUT2D eigenvalue weighted by Crippen LogP contribution is -2.46. The largest absolute Gasteiger partial charge is 0.497 e. The van der Waals surface area contributed by atoms with E-state index in [0.717, 1.165) is 0 Å². The van der Waals surface area contributed by atoms with Crippen LogP contribution in [0.15, 0.2) is 42.7 Å². The first-order valence-corrected chi connectivity index (χ1v) is 8.89. The van der Waals surface area contributed by atoms with Crippen molar-refractivity contribution in [3.63, 3.8) is 0 Å². The van der Waals surface area contributed by atoms with Crippen LogP contribution in [-0.2, 0) is 20.7 Å². The summed E-state index contributed by atoms with van der Waals surface area (Å²) >= 11 is 0. The van der Waals surface area contributed by atoms with Crippen molar-refractivity contribution in [3.05, 3.63) is 54.1 Å². The molecular formula is C21H25FO4. The summed E-state index contributed by atoms with van der Waals surface area (Å²) in [6, 6.07) is 4.87. The smallest absolute Gasteiger partial charge is 0.189 e. The zero-order valence-corrected chi connectivity index (χ0v) is 15.5. The van der Waals surface area contributed by atoms with Crippen molar-refractivity contribution in [1.29, 1.82) is 0 Å². The van der Waals surface area contributed by atoms with Gasteiger partial charge in [-0.1, -0.05) is 26.0 Å². The third-order valence-electron chi connectivity index (χ3n) is 5.70. The van der Waals surface area contributed by atoms with Crippen LogP contribution >= 0.6 is 0 Å². The quantitative estimate of drug-likeness (QED) is 0.718. The van der Waals surface area contributed by atoms with Crippen molar-refractivity contribution in [2.75, 3.05) is 13.9 Å². The van der Waals surface area contributed by atoms with Crippen LogP contribution in [0.2, 0.25) is 0 Å². The van der Waals surface area contributed by atoms with E-state index in [1.165, 1.54) is 13.2 Å². The van der Waals surface area contributed by atoms with E-state index >= 15 is 0 Å². The number of fused-ring (bicyclic) bond motifs is 1. The summed E-state index contributed by atoms with van der Waals surface area (Å²) in [5, 5.41) is 0. The second kappa shape index (κ2) is 7.23. The summed E-state index contributed by atoms with van der Waals surface area (Å²) in [6.45, 7) is 7.92. The van der Waals surface area contributed by atoms with E-state index in [0.29, 0.717) is 29.9 Å². The molecule has 0 aromatic heterocycles. The van der Waals surface area contributed by atoms with Crippen LogP contribution in [0.4, 0.5) is 4.39 Å². The minimum Gasteiger partial charge on any atom is -0.497 e. The number of carbonyl (C=O) groups excluding carboxylic acids is 1. The number of halogens is 1. The Kier molecular flexibility index (Phi) is 5.19. The van der Waals surface area contributed by atoms with E-state index in [1.54, 1.807) is 24.3 Å². The second-order valence-electron chi connectivity index (χ2n) is 7.17. The number of ether oxygens (including phenoxy) is 3. The molecule has 1 aromatic rings. The lowest BCUT2D eigenvalue weighted by Gasteiger charge is -2.39. The third-order valence-corrected chi connectivity index (χ3v) is 5.70. The van der Waals surface area contributed by atoms with Gasteiger partial charge in [0.15, 0.2) is 12.6 Å². The maximum Gasteiger partial charge on any atom is 0.189 e. The average Bonchev–Trinajstić information content (AvgIpc) is 3.05. The summed E-state index contributed by atoms with van der Waals surface area (Å²) in [6.07, 6.45) is 4.34. The van der Waals surface area contributed by atoms with E-state index in [9.17, 15) is 9.18 Å². The summed E-state index contributed by atoms with van der Waals surface area (Å²) in [7, 11) is 1.51. The molecule has 0 saturated carbocycles. The van der Waals surface area contributed by atoms with Gasteiger partial charge >= 0.3 is 0 Å². The van der Waals surface area contributed by atoms with Gasteiger partial charge in [-0.3, -0.25) is 4.79 Å². The van der Waals surface area contributed by atoms with Crippen LogP contribution in [0.3, 0.4) is 0 Å². The number of ketones is 1. The summed E-state index contributed by atoms with van der Waals surface area (Å²) < 4.78 is 31.1. The molecule has 1 aromatic carbocycles. The van der Waals surface area contributed by atoms with Gasteiger partial charge in [-0.2, -0.15) is 0 Å². The summed E-state index contributed by atoms with van der Waals surface area (Å²) in [4.78, 5) is 12.5. The number of allylic oxidation sites excluding steroid dienone is 2.